The number of anilines is 2. The fraction of sp³-hybridized carbons (Fsp3) is 0.224. The minimum atomic E-state index is -4.68. The molecule has 1 fully saturated rings. The molecule has 0 aliphatic carbocycles. The molecular formula is C49H42ClF6N7O3S. The van der Waals surface area contributed by atoms with Crippen LogP contribution in [0.3, 0.4) is 0 Å². The number of nitrogens with zero attached hydrogens (tertiary/aromatic N) is 5. The molecule has 0 saturated carbocycles. The Morgan fingerprint density at radius 2 is 1.52 bits per heavy atom. The molecule has 346 valence electrons. The molecule has 10 nitrogen and oxygen atoms in total. The van der Waals surface area contributed by atoms with Gasteiger partial charge in [0.25, 0.3) is 5.91 Å². The molecule has 1 amide bonds. The molecule has 67 heavy (non-hydrogen) atoms. The van der Waals surface area contributed by atoms with Crippen molar-refractivity contribution in [2.75, 3.05) is 23.3 Å². The van der Waals surface area contributed by atoms with E-state index >= 15 is 0 Å². The quantitative estimate of drug-likeness (QED) is 0.117. The number of rotatable bonds is 12. The fourth-order valence-corrected chi connectivity index (χ4v) is 8.68. The Morgan fingerprint density at radius 1 is 0.821 bits per heavy atom. The van der Waals surface area contributed by atoms with Crippen molar-refractivity contribution in [3.63, 3.8) is 0 Å². The maximum absolute atomic E-state index is 13.0. The second kappa shape index (κ2) is 20.3. The standard InChI is InChI=1S/C29H28ClF3N4O2.C20H14F3N3OS/c1-2-25-27(37-18-22(30)7-12-26(37)35-25)28(38)34-17-19-3-8-23(9-4-19)36-15-13-21(14-16-36)20-5-10-24(11-6-20)39-29(31,32)33;21-20(22,23)14-2-1-3-16(10-14)27-15-6-4-13(5-7-15)11-24-19-18-17(8-9-28-18)25-12-26-19/h3-12,18,21H,2,13-17H2,1H3,(H,34,38);1-10,12H,11H2,(H,24,25,26). The summed E-state index contributed by atoms with van der Waals surface area (Å²) in [4.78, 5) is 28.4. The molecule has 0 atom stereocenters. The van der Waals surface area contributed by atoms with E-state index in [0.29, 0.717) is 41.6 Å². The van der Waals surface area contributed by atoms with Gasteiger partial charge in [0.1, 0.15) is 40.7 Å². The average Bonchev–Trinajstić information content (AvgIpc) is 3.96. The van der Waals surface area contributed by atoms with E-state index in [1.807, 2.05) is 42.6 Å². The van der Waals surface area contributed by atoms with Gasteiger partial charge in [-0.2, -0.15) is 13.2 Å². The Morgan fingerprint density at radius 3 is 2.22 bits per heavy atom. The van der Waals surface area contributed by atoms with Crippen LogP contribution in [-0.2, 0) is 25.7 Å². The number of piperidine rings is 1. The SMILES string of the molecule is CCc1nc2ccc(Cl)cn2c1C(=O)NCc1ccc(N2CCC(c3ccc(OC(F)(F)F)cc3)CC2)cc1.FC(F)(F)c1cccc(Oc2ccc(CNc3ncnc4ccsc34)cc2)c1. The van der Waals surface area contributed by atoms with Gasteiger partial charge >= 0.3 is 12.5 Å². The van der Waals surface area contributed by atoms with Crippen molar-refractivity contribution in [1.82, 2.24) is 24.7 Å². The first-order valence-electron chi connectivity index (χ1n) is 21.2. The highest BCUT2D eigenvalue weighted by Gasteiger charge is 2.32. The molecule has 18 heteroatoms. The van der Waals surface area contributed by atoms with Crippen LogP contribution >= 0.6 is 22.9 Å². The largest absolute Gasteiger partial charge is 0.573 e. The Bertz CT molecular complexity index is 2940. The minimum absolute atomic E-state index is 0.141. The van der Waals surface area contributed by atoms with Gasteiger partial charge in [-0.05, 0) is 120 Å². The summed E-state index contributed by atoms with van der Waals surface area (Å²) in [5.41, 5.74) is 6.14. The van der Waals surface area contributed by atoms with Crippen molar-refractivity contribution in [3.05, 3.63) is 172 Å². The molecule has 1 aliphatic rings. The van der Waals surface area contributed by atoms with Gasteiger partial charge in [-0.1, -0.05) is 61.0 Å². The second-order valence-electron chi connectivity index (χ2n) is 15.5. The van der Waals surface area contributed by atoms with E-state index in [4.69, 9.17) is 16.3 Å². The van der Waals surface area contributed by atoms with Crippen molar-refractivity contribution in [2.24, 2.45) is 0 Å². The topological polar surface area (TPSA) is 106 Å². The number of hydrogen-bond donors (Lipinski definition) is 2. The summed E-state index contributed by atoms with van der Waals surface area (Å²) in [6.07, 6.45) is -3.43. The number of fused-ring (bicyclic) bond motifs is 2. The summed E-state index contributed by atoms with van der Waals surface area (Å²) in [6, 6.07) is 31.7. The molecule has 4 aromatic carbocycles. The highest BCUT2D eigenvalue weighted by molar-refractivity contribution is 7.17. The van der Waals surface area contributed by atoms with E-state index in [1.54, 1.807) is 58.3 Å². The molecular weight excluding hydrogens is 916 g/mol. The lowest BCUT2D eigenvalue weighted by atomic mass is 9.89. The van der Waals surface area contributed by atoms with Crippen molar-refractivity contribution in [1.29, 1.82) is 0 Å². The first-order chi connectivity index (χ1) is 32.2. The Hall–Kier alpha value is -6.85. The molecule has 8 aromatic rings. The number of amides is 1. The third kappa shape index (κ3) is 11.9. The number of aromatic nitrogens is 4. The predicted octanol–water partition coefficient (Wildman–Crippen LogP) is 12.9. The third-order valence-electron chi connectivity index (χ3n) is 11.1. The normalized spacial score (nSPS) is 13.3. The first-order valence-corrected chi connectivity index (χ1v) is 22.5. The van der Waals surface area contributed by atoms with Crippen molar-refractivity contribution in [2.45, 2.75) is 57.7 Å². The van der Waals surface area contributed by atoms with Gasteiger partial charge in [0.2, 0.25) is 0 Å². The van der Waals surface area contributed by atoms with Gasteiger partial charge in [-0.15, -0.1) is 24.5 Å². The van der Waals surface area contributed by atoms with Crippen LogP contribution in [0.25, 0.3) is 15.9 Å². The lowest BCUT2D eigenvalue weighted by Crippen LogP contribution is -2.32. The number of hydrogen-bond acceptors (Lipinski definition) is 9. The number of aryl methyl sites for hydroxylation is 1. The van der Waals surface area contributed by atoms with E-state index in [2.05, 4.69) is 47.4 Å². The van der Waals surface area contributed by atoms with Crippen LogP contribution in [0, 0.1) is 0 Å². The number of nitrogens with one attached hydrogen (secondary N) is 2. The van der Waals surface area contributed by atoms with Crippen LogP contribution in [0.4, 0.5) is 37.8 Å². The van der Waals surface area contributed by atoms with Gasteiger partial charge < -0.3 is 25.0 Å². The number of carbonyl (C=O) groups is 1. The number of benzene rings is 4. The Kier molecular flexibility index (Phi) is 14.2. The number of halogens is 7. The number of carbonyl (C=O) groups excluding carboxylic acids is 1. The lowest BCUT2D eigenvalue weighted by molar-refractivity contribution is -0.274. The van der Waals surface area contributed by atoms with E-state index < -0.39 is 18.1 Å². The van der Waals surface area contributed by atoms with Crippen LogP contribution in [0.2, 0.25) is 5.02 Å². The summed E-state index contributed by atoms with van der Waals surface area (Å²) >= 11 is 7.71. The number of pyridine rings is 1. The van der Waals surface area contributed by atoms with Crippen LogP contribution in [0.5, 0.6) is 17.2 Å². The number of alkyl halides is 6. The van der Waals surface area contributed by atoms with Gasteiger partial charge in [0.05, 0.1) is 26.5 Å². The maximum Gasteiger partial charge on any atom is 0.573 e. The number of imidazole rings is 1. The van der Waals surface area contributed by atoms with Crippen molar-refractivity contribution < 1.29 is 40.6 Å². The number of thiophene rings is 1. The molecule has 0 spiro atoms. The number of ether oxygens (including phenoxy) is 2. The van der Waals surface area contributed by atoms with Crippen LogP contribution in [0.1, 0.15) is 64.1 Å². The predicted molar refractivity (Wildman–Crippen MR) is 247 cm³/mol. The summed E-state index contributed by atoms with van der Waals surface area (Å²) < 4.78 is 87.8. The first kappa shape index (κ1) is 46.7. The zero-order valence-electron chi connectivity index (χ0n) is 35.7. The second-order valence-corrected chi connectivity index (χ2v) is 16.9. The third-order valence-corrected chi connectivity index (χ3v) is 12.2. The van der Waals surface area contributed by atoms with Crippen LogP contribution < -0.4 is 25.0 Å². The van der Waals surface area contributed by atoms with Gasteiger partial charge in [0, 0.05) is 38.1 Å². The highest BCUT2D eigenvalue weighted by Crippen LogP contribution is 2.35. The van der Waals surface area contributed by atoms with Gasteiger partial charge in [0.15, 0.2) is 0 Å². The molecule has 1 aliphatic heterocycles. The van der Waals surface area contributed by atoms with Gasteiger partial charge in [-0.3, -0.25) is 9.20 Å². The zero-order valence-corrected chi connectivity index (χ0v) is 37.3. The summed E-state index contributed by atoms with van der Waals surface area (Å²) in [7, 11) is 0. The summed E-state index contributed by atoms with van der Waals surface area (Å²) in [5, 5.41) is 8.77. The Labute approximate surface area is 390 Å². The van der Waals surface area contributed by atoms with E-state index in [1.165, 1.54) is 30.6 Å². The van der Waals surface area contributed by atoms with Crippen LogP contribution in [0.15, 0.2) is 133 Å². The molecule has 5 heterocycles. The fourth-order valence-electron chi connectivity index (χ4n) is 7.71. The lowest BCUT2D eigenvalue weighted by Gasteiger charge is -2.34. The zero-order chi connectivity index (χ0) is 47.1. The van der Waals surface area contributed by atoms with Crippen molar-refractivity contribution >= 4 is 56.2 Å². The Balaban J connectivity index is 0.000000192. The molecule has 0 unspecified atom stereocenters. The molecule has 0 bridgehead atoms. The van der Waals surface area contributed by atoms with Crippen molar-refractivity contribution in [3.8, 4) is 17.2 Å². The van der Waals surface area contributed by atoms with E-state index in [9.17, 15) is 31.1 Å². The smallest absolute Gasteiger partial charge is 0.457 e. The van der Waals surface area contributed by atoms with E-state index in [-0.39, 0.29) is 23.3 Å². The summed E-state index contributed by atoms with van der Waals surface area (Å²) in [6.45, 7) is 4.58. The maximum atomic E-state index is 13.0. The molecule has 0 radical (unpaired) electrons. The van der Waals surface area contributed by atoms with Crippen LogP contribution in [-0.4, -0.2) is 44.7 Å². The molecule has 2 N–H and O–H groups in total. The molecule has 9 rings (SSSR count). The minimum Gasteiger partial charge on any atom is -0.457 e. The molecule has 1 saturated heterocycles. The van der Waals surface area contributed by atoms with E-state index in [0.717, 1.165) is 82.2 Å². The van der Waals surface area contributed by atoms with Gasteiger partial charge in [-0.25, -0.2) is 15.0 Å². The monoisotopic (exact) mass is 957 g/mol. The average molecular weight is 958 g/mol. The highest BCUT2D eigenvalue weighted by atomic mass is 35.5. The molecule has 4 aromatic heterocycles. The summed E-state index contributed by atoms with van der Waals surface area (Å²) in [5.74, 6) is 1.26.